The molecular weight excluding hydrogens is 327 g/mol. The summed E-state index contributed by atoms with van der Waals surface area (Å²) in [5.74, 6) is -1.71. The Morgan fingerprint density at radius 2 is 1.92 bits per heavy atom. The predicted molar refractivity (Wildman–Crippen MR) is 94.8 cm³/mol. The molecule has 25 heavy (non-hydrogen) atoms. The molecule has 0 saturated carbocycles. The highest BCUT2D eigenvalue weighted by Gasteiger charge is 2.29. The van der Waals surface area contributed by atoms with Crippen LogP contribution in [0.5, 0.6) is 0 Å². The first kappa shape index (κ1) is 20.1. The molecule has 0 spiro atoms. The molecule has 0 fully saturated rings. The van der Waals surface area contributed by atoms with Gasteiger partial charge in [0.15, 0.2) is 0 Å². The van der Waals surface area contributed by atoms with E-state index in [2.05, 4.69) is 27.8 Å². The van der Waals surface area contributed by atoms with Crippen LogP contribution in [0.1, 0.15) is 27.2 Å². The third kappa shape index (κ3) is 6.25. The highest BCUT2D eigenvalue weighted by Crippen LogP contribution is 2.20. The lowest BCUT2D eigenvalue weighted by Crippen LogP contribution is -2.55. The summed E-state index contributed by atoms with van der Waals surface area (Å²) in [6.45, 7) is 8.77. The molecule has 4 amide bonds. The number of carbonyl (C=O) groups excluding carboxylic acids is 3. The van der Waals surface area contributed by atoms with Gasteiger partial charge in [-0.15, -0.1) is 0 Å². The Kier molecular flexibility index (Phi) is 7.10. The largest absolute Gasteiger partial charge is 0.338 e. The van der Waals surface area contributed by atoms with E-state index < -0.39 is 29.2 Å². The van der Waals surface area contributed by atoms with Crippen molar-refractivity contribution in [3.8, 4) is 0 Å². The monoisotopic (exact) mass is 350 g/mol. The van der Waals surface area contributed by atoms with Gasteiger partial charge >= 0.3 is 6.03 Å². The fraction of sp³-hybridized carbons (Fsp3) is 0.353. The number of halogens is 1. The number of benzene rings is 1. The Bertz CT molecular complexity index is 674. The van der Waals surface area contributed by atoms with E-state index in [4.69, 9.17) is 0 Å². The summed E-state index contributed by atoms with van der Waals surface area (Å²) in [5, 5.41) is 10.1. The van der Waals surface area contributed by atoms with Crippen molar-refractivity contribution in [2.45, 2.75) is 32.7 Å². The first-order chi connectivity index (χ1) is 11.7. The molecule has 0 aliphatic rings. The minimum absolute atomic E-state index is 0.0887. The van der Waals surface area contributed by atoms with Gasteiger partial charge in [-0.25, -0.2) is 9.18 Å². The lowest BCUT2D eigenvalue weighted by Gasteiger charge is -2.25. The highest BCUT2D eigenvalue weighted by molar-refractivity contribution is 6.01. The smallest absolute Gasteiger partial charge is 0.315 e. The Morgan fingerprint density at radius 3 is 2.52 bits per heavy atom. The first-order valence-electron chi connectivity index (χ1n) is 7.80. The van der Waals surface area contributed by atoms with Crippen LogP contribution in [0.15, 0.2) is 30.9 Å². The van der Waals surface area contributed by atoms with E-state index in [1.165, 1.54) is 26.0 Å². The van der Waals surface area contributed by atoms with Gasteiger partial charge in [0.1, 0.15) is 11.4 Å². The van der Waals surface area contributed by atoms with Crippen molar-refractivity contribution in [2.75, 3.05) is 17.2 Å². The minimum Gasteiger partial charge on any atom is -0.338 e. The number of carbonyl (C=O) groups is 3. The van der Waals surface area contributed by atoms with E-state index in [1.54, 1.807) is 0 Å². The number of anilines is 2. The molecule has 0 saturated heterocycles. The average Bonchev–Trinajstić information content (AvgIpc) is 2.55. The van der Waals surface area contributed by atoms with Crippen LogP contribution in [0.3, 0.4) is 0 Å². The molecular formula is C17H23FN4O3. The van der Waals surface area contributed by atoms with E-state index in [0.717, 1.165) is 18.6 Å². The highest BCUT2D eigenvalue weighted by atomic mass is 19.1. The summed E-state index contributed by atoms with van der Waals surface area (Å²) in [6.07, 6.45) is 1.78. The Hall–Kier alpha value is -2.90. The molecule has 1 aromatic rings. The van der Waals surface area contributed by atoms with Crippen LogP contribution in [0.4, 0.5) is 20.6 Å². The normalized spacial score (nSPS) is 10.6. The van der Waals surface area contributed by atoms with Crippen molar-refractivity contribution in [1.29, 1.82) is 0 Å². The first-order valence-corrected chi connectivity index (χ1v) is 7.80. The van der Waals surface area contributed by atoms with Crippen molar-refractivity contribution in [3.63, 3.8) is 0 Å². The van der Waals surface area contributed by atoms with Gasteiger partial charge in [-0.2, -0.15) is 0 Å². The lowest BCUT2D eigenvalue weighted by atomic mass is 10.0. The SMILES string of the molecule is C=CC(=O)Nc1cc(NC(=O)C(C)(C)NC(=O)NCCC)ccc1F. The van der Waals surface area contributed by atoms with E-state index in [-0.39, 0.29) is 11.4 Å². The zero-order valence-electron chi connectivity index (χ0n) is 14.5. The summed E-state index contributed by atoms with van der Waals surface area (Å²) in [7, 11) is 0. The molecule has 1 aromatic carbocycles. The van der Waals surface area contributed by atoms with Gasteiger partial charge in [-0.1, -0.05) is 13.5 Å². The quantitative estimate of drug-likeness (QED) is 0.568. The van der Waals surface area contributed by atoms with Crippen LogP contribution >= 0.6 is 0 Å². The Labute approximate surface area is 146 Å². The molecule has 0 aliphatic heterocycles. The fourth-order valence-corrected chi connectivity index (χ4v) is 1.79. The second-order valence-corrected chi connectivity index (χ2v) is 5.85. The number of amides is 4. The van der Waals surface area contributed by atoms with Gasteiger partial charge in [0.2, 0.25) is 11.8 Å². The van der Waals surface area contributed by atoms with Gasteiger partial charge in [0, 0.05) is 12.2 Å². The molecule has 0 aromatic heterocycles. The summed E-state index contributed by atoms with van der Waals surface area (Å²) in [6, 6.07) is 3.29. The van der Waals surface area contributed by atoms with E-state index in [0.29, 0.717) is 6.54 Å². The van der Waals surface area contributed by atoms with Gasteiger partial charge in [0.05, 0.1) is 5.69 Å². The Morgan fingerprint density at radius 1 is 1.24 bits per heavy atom. The second kappa shape index (κ2) is 8.81. The number of hydrogen-bond acceptors (Lipinski definition) is 3. The maximum absolute atomic E-state index is 13.7. The van der Waals surface area contributed by atoms with Crippen molar-refractivity contribution >= 4 is 29.2 Å². The van der Waals surface area contributed by atoms with Gasteiger partial charge < -0.3 is 21.3 Å². The maximum Gasteiger partial charge on any atom is 0.315 e. The van der Waals surface area contributed by atoms with Crippen LogP contribution < -0.4 is 21.3 Å². The molecule has 7 nitrogen and oxygen atoms in total. The van der Waals surface area contributed by atoms with Crippen molar-refractivity contribution in [2.24, 2.45) is 0 Å². The average molecular weight is 350 g/mol. The van der Waals surface area contributed by atoms with Gasteiger partial charge in [-0.05, 0) is 44.5 Å². The number of nitrogens with one attached hydrogen (secondary N) is 4. The summed E-state index contributed by atoms with van der Waals surface area (Å²) in [4.78, 5) is 35.4. The van der Waals surface area contributed by atoms with Crippen molar-refractivity contribution in [1.82, 2.24) is 10.6 Å². The molecule has 1 rings (SSSR count). The van der Waals surface area contributed by atoms with Gasteiger partial charge in [0.25, 0.3) is 0 Å². The Balaban J connectivity index is 2.81. The van der Waals surface area contributed by atoms with E-state index in [9.17, 15) is 18.8 Å². The van der Waals surface area contributed by atoms with Crippen LogP contribution in [0.25, 0.3) is 0 Å². The topological polar surface area (TPSA) is 99.3 Å². The summed E-state index contributed by atoms with van der Waals surface area (Å²) >= 11 is 0. The van der Waals surface area contributed by atoms with Crippen LogP contribution in [-0.4, -0.2) is 29.9 Å². The van der Waals surface area contributed by atoms with Crippen LogP contribution in [0, 0.1) is 5.82 Å². The lowest BCUT2D eigenvalue weighted by molar-refractivity contribution is -0.120. The molecule has 0 bridgehead atoms. The second-order valence-electron chi connectivity index (χ2n) is 5.85. The standard InChI is InChI=1S/C17H23FN4O3/c1-5-9-19-16(25)22-17(3,4)15(24)20-11-7-8-12(18)13(10-11)21-14(23)6-2/h6-8,10H,2,5,9H2,1,3-4H3,(H,20,24)(H,21,23)(H2,19,22,25). The van der Waals surface area contributed by atoms with Gasteiger partial charge in [-0.3, -0.25) is 9.59 Å². The third-order valence-corrected chi connectivity index (χ3v) is 3.20. The van der Waals surface area contributed by atoms with E-state index in [1.807, 2.05) is 6.92 Å². The predicted octanol–water partition coefficient (Wildman–Crippen LogP) is 2.38. The molecule has 8 heteroatoms. The number of urea groups is 1. The zero-order valence-corrected chi connectivity index (χ0v) is 14.5. The molecule has 0 heterocycles. The molecule has 0 radical (unpaired) electrons. The van der Waals surface area contributed by atoms with Crippen molar-refractivity contribution < 1.29 is 18.8 Å². The summed E-state index contributed by atoms with van der Waals surface area (Å²) in [5.41, 5.74) is -1.01. The molecule has 0 atom stereocenters. The van der Waals surface area contributed by atoms with Crippen LogP contribution in [-0.2, 0) is 9.59 Å². The molecule has 4 N–H and O–H groups in total. The molecule has 0 unspecified atom stereocenters. The summed E-state index contributed by atoms with van der Waals surface area (Å²) < 4.78 is 13.7. The minimum atomic E-state index is -1.20. The number of rotatable bonds is 7. The molecule has 0 aliphatic carbocycles. The van der Waals surface area contributed by atoms with Crippen molar-refractivity contribution in [3.05, 3.63) is 36.7 Å². The fourth-order valence-electron chi connectivity index (χ4n) is 1.79. The molecule has 136 valence electrons. The van der Waals surface area contributed by atoms with E-state index >= 15 is 0 Å². The van der Waals surface area contributed by atoms with Crippen LogP contribution in [0.2, 0.25) is 0 Å². The third-order valence-electron chi connectivity index (χ3n) is 3.20. The zero-order chi connectivity index (χ0) is 19.0. The maximum atomic E-state index is 13.7. The number of hydrogen-bond donors (Lipinski definition) is 4.